The number of unbranched alkanes of at least 4 members (excludes halogenated alkanes) is 6. The van der Waals surface area contributed by atoms with Crippen LogP contribution in [0, 0.1) is 10.1 Å². The first kappa shape index (κ1) is 21.6. The summed E-state index contributed by atoms with van der Waals surface area (Å²) in [6.07, 6.45) is 7.97. The van der Waals surface area contributed by atoms with Crippen molar-refractivity contribution in [3.8, 4) is 0 Å². The van der Waals surface area contributed by atoms with Crippen LogP contribution in [0.5, 0.6) is 0 Å². The van der Waals surface area contributed by atoms with Crippen molar-refractivity contribution in [1.29, 1.82) is 0 Å². The normalized spacial score (nSPS) is 11.8. The van der Waals surface area contributed by atoms with Crippen molar-refractivity contribution in [2.45, 2.75) is 70.1 Å². The van der Waals surface area contributed by atoms with Gasteiger partial charge in [0.25, 0.3) is 5.69 Å². The number of benzene rings is 1. The van der Waals surface area contributed by atoms with Gasteiger partial charge in [0, 0.05) is 25.2 Å². The molecule has 1 rings (SSSR count). The summed E-state index contributed by atoms with van der Waals surface area (Å²) in [5.74, 6) is 0. The summed E-state index contributed by atoms with van der Waals surface area (Å²) in [4.78, 5) is 10.4. The number of hydrogen-bond acceptors (Lipinski definition) is 4. The average Bonchev–Trinajstić information content (AvgIpc) is 2.60. The molecule has 0 saturated carbocycles. The van der Waals surface area contributed by atoms with E-state index in [-0.39, 0.29) is 10.6 Å². The highest BCUT2D eigenvalue weighted by Crippen LogP contribution is 2.22. The Kier molecular flexibility index (Phi) is 9.67. The molecule has 0 unspecified atom stereocenters. The summed E-state index contributed by atoms with van der Waals surface area (Å²) in [6.45, 7) is 5.17. The lowest BCUT2D eigenvalue weighted by atomic mass is 10.2. The molecule has 0 spiro atoms. The van der Waals surface area contributed by atoms with Gasteiger partial charge in [0.15, 0.2) is 0 Å². The first-order valence-corrected chi connectivity index (χ1v) is 10.6. The summed E-state index contributed by atoms with van der Waals surface area (Å²) in [5.41, 5.74) is -0.196. The molecule has 0 aliphatic rings. The van der Waals surface area contributed by atoms with Gasteiger partial charge in [0.05, 0.1) is 9.82 Å². The zero-order chi connectivity index (χ0) is 18.7. The summed E-state index contributed by atoms with van der Waals surface area (Å²) < 4.78 is 27.4. The maximum Gasteiger partial charge on any atom is 0.270 e. The zero-order valence-electron chi connectivity index (χ0n) is 15.3. The minimum absolute atomic E-state index is 0.00711. The molecule has 0 radical (unpaired) electrons. The Bertz CT molecular complexity index is 620. The molecule has 0 aromatic heterocycles. The smallest absolute Gasteiger partial charge is 0.258 e. The van der Waals surface area contributed by atoms with Crippen LogP contribution in [-0.4, -0.2) is 30.7 Å². The monoisotopic (exact) mass is 370 g/mol. The van der Waals surface area contributed by atoms with Gasteiger partial charge < -0.3 is 0 Å². The van der Waals surface area contributed by atoms with Gasteiger partial charge in [-0.25, -0.2) is 8.42 Å². The van der Waals surface area contributed by atoms with E-state index in [9.17, 15) is 18.5 Å². The fourth-order valence-electron chi connectivity index (χ4n) is 2.69. The number of nitro benzene ring substituents is 1. The van der Waals surface area contributed by atoms with E-state index in [0.29, 0.717) is 13.1 Å². The van der Waals surface area contributed by atoms with Gasteiger partial charge in [-0.3, -0.25) is 10.1 Å². The number of sulfonamides is 1. The van der Waals surface area contributed by atoms with Crippen molar-refractivity contribution in [2.24, 2.45) is 0 Å². The molecule has 0 bridgehead atoms. The van der Waals surface area contributed by atoms with E-state index < -0.39 is 14.9 Å². The van der Waals surface area contributed by atoms with Gasteiger partial charge in [-0.05, 0) is 18.9 Å². The second kappa shape index (κ2) is 11.2. The number of rotatable bonds is 13. The molecule has 1 aromatic rings. The maximum absolute atomic E-state index is 12.9. The van der Waals surface area contributed by atoms with E-state index in [1.807, 2.05) is 0 Å². The molecule has 0 fully saturated rings. The summed E-state index contributed by atoms with van der Waals surface area (Å²) in [5, 5.41) is 10.9. The van der Waals surface area contributed by atoms with Gasteiger partial charge >= 0.3 is 0 Å². The van der Waals surface area contributed by atoms with E-state index in [1.165, 1.54) is 22.5 Å². The van der Waals surface area contributed by atoms with E-state index in [2.05, 4.69) is 13.8 Å². The van der Waals surface area contributed by atoms with E-state index >= 15 is 0 Å². The van der Waals surface area contributed by atoms with Crippen LogP contribution in [0.4, 0.5) is 5.69 Å². The van der Waals surface area contributed by atoms with Crippen LogP contribution in [0.15, 0.2) is 29.2 Å². The first-order valence-electron chi connectivity index (χ1n) is 9.18. The third-order valence-corrected chi connectivity index (χ3v) is 6.08. The minimum atomic E-state index is -3.70. The molecule has 25 heavy (non-hydrogen) atoms. The van der Waals surface area contributed by atoms with Crippen molar-refractivity contribution >= 4 is 15.7 Å². The Labute approximate surface area is 151 Å². The van der Waals surface area contributed by atoms with E-state index in [0.717, 1.165) is 57.4 Å². The molecule has 0 amide bonds. The van der Waals surface area contributed by atoms with E-state index in [4.69, 9.17) is 0 Å². The first-order chi connectivity index (χ1) is 11.9. The van der Waals surface area contributed by atoms with E-state index in [1.54, 1.807) is 0 Å². The largest absolute Gasteiger partial charge is 0.270 e. The van der Waals surface area contributed by atoms with Gasteiger partial charge in [0.2, 0.25) is 10.0 Å². The molecular weight excluding hydrogens is 340 g/mol. The average molecular weight is 371 g/mol. The third-order valence-electron chi connectivity index (χ3n) is 4.19. The van der Waals surface area contributed by atoms with Crippen molar-refractivity contribution in [3.63, 3.8) is 0 Å². The van der Waals surface area contributed by atoms with Crippen molar-refractivity contribution in [2.75, 3.05) is 13.1 Å². The van der Waals surface area contributed by atoms with Gasteiger partial charge in [-0.15, -0.1) is 0 Å². The fourth-order valence-corrected chi connectivity index (χ4v) is 4.25. The van der Waals surface area contributed by atoms with Crippen molar-refractivity contribution < 1.29 is 13.3 Å². The van der Waals surface area contributed by atoms with Crippen molar-refractivity contribution in [1.82, 2.24) is 4.31 Å². The lowest BCUT2D eigenvalue weighted by Crippen LogP contribution is -2.33. The topological polar surface area (TPSA) is 80.5 Å². The second-order valence-corrected chi connectivity index (χ2v) is 8.22. The lowest BCUT2D eigenvalue weighted by molar-refractivity contribution is -0.385. The van der Waals surface area contributed by atoms with Crippen LogP contribution in [0.2, 0.25) is 0 Å². The van der Waals surface area contributed by atoms with Gasteiger partial charge in [-0.2, -0.15) is 4.31 Å². The standard InChI is InChI=1S/C18H30N2O4S/c1-3-5-7-9-14-19(15-10-8-6-4-2)25(23,24)18-13-11-12-17(16-18)20(21)22/h11-13,16H,3-10,14-15H2,1-2H3. The zero-order valence-corrected chi connectivity index (χ0v) is 16.1. The molecule has 0 saturated heterocycles. The summed E-state index contributed by atoms with van der Waals surface area (Å²) in [6, 6.07) is 5.33. The SMILES string of the molecule is CCCCCCN(CCCCCC)S(=O)(=O)c1cccc([N+](=O)[O-])c1. The molecule has 0 heterocycles. The molecule has 0 aliphatic heterocycles. The molecule has 6 nitrogen and oxygen atoms in total. The fraction of sp³-hybridized carbons (Fsp3) is 0.667. The predicted molar refractivity (Wildman–Crippen MR) is 100 cm³/mol. The minimum Gasteiger partial charge on any atom is -0.258 e. The van der Waals surface area contributed by atoms with Gasteiger partial charge in [0.1, 0.15) is 0 Å². The second-order valence-electron chi connectivity index (χ2n) is 6.28. The lowest BCUT2D eigenvalue weighted by Gasteiger charge is -2.22. The summed E-state index contributed by atoms with van der Waals surface area (Å²) >= 11 is 0. The highest BCUT2D eigenvalue weighted by atomic mass is 32.2. The Morgan fingerprint density at radius 3 is 2.00 bits per heavy atom. The number of hydrogen-bond donors (Lipinski definition) is 0. The number of non-ortho nitro benzene ring substituents is 1. The van der Waals surface area contributed by atoms with Crippen LogP contribution in [-0.2, 0) is 10.0 Å². The molecule has 0 aliphatic carbocycles. The van der Waals surface area contributed by atoms with Crippen LogP contribution in [0.25, 0.3) is 0 Å². The molecular formula is C18H30N2O4S. The van der Waals surface area contributed by atoms with Crippen LogP contribution >= 0.6 is 0 Å². The van der Waals surface area contributed by atoms with Gasteiger partial charge in [-0.1, -0.05) is 58.4 Å². The third kappa shape index (κ3) is 7.12. The Morgan fingerprint density at radius 1 is 0.960 bits per heavy atom. The highest BCUT2D eigenvalue weighted by molar-refractivity contribution is 7.89. The highest BCUT2D eigenvalue weighted by Gasteiger charge is 2.25. The van der Waals surface area contributed by atoms with Crippen LogP contribution < -0.4 is 0 Å². The summed E-state index contributed by atoms with van der Waals surface area (Å²) in [7, 11) is -3.70. The predicted octanol–water partition coefficient (Wildman–Crippen LogP) is 4.75. The van der Waals surface area contributed by atoms with Crippen LogP contribution in [0.3, 0.4) is 0 Å². The number of nitrogens with zero attached hydrogens (tertiary/aromatic N) is 2. The Morgan fingerprint density at radius 2 is 1.52 bits per heavy atom. The Hall–Kier alpha value is -1.47. The number of nitro groups is 1. The molecule has 1 aromatic carbocycles. The van der Waals surface area contributed by atoms with Crippen molar-refractivity contribution in [3.05, 3.63) is 34.4 Å². The molecule has 142 valence electrons. The van der Waals surface area contributed by atoms with Crippen LogP contribution in [0.1, 0.15) is 65.2 Å². The Balaban J connectivity index is 2.91. The maximum atomic E-state index is 12.9. The molecule has 7 heteroatoms. The molecule has 0 N–H and O–H groups in total. The molecule has 0 atom stereocenters. The quantitative estimate of drug-likeness (QED) is 0.285.